The van der Waals surface area contributed by atoms with E-state index in [1.165, 1.54) is 36.4 Å². The Labute approximate surface area is 191 Å². The zero-order chi connectivity index (χ0) is 24.0. The lowest BCUT2D eigenvalue weighted by Crippen LogP contribution is -2.48. The van der Waals surface area contributed by atoms with Gasteiger partial charge in [-0.05, 0) is 61.9 Å². The predicted octanol–water partition coefficient (Wildman–Crippen LogP) is 5.51. The van der Waals surface area contributed by atoms with Crippen LogP contribution in [-0.4, -0.2) is 29.9 Å². The van der Waals surface area contributed by atoms with E-state index in [2.05, 4.69) is 12.2 Å². The van der Waals surface area contributed by atoms with Crippen LogP contribution in [0.5, 0.6) is 0 Å². The first-order valence-electron chi connectivity index (χ1n) is 11.1. The van der Waals surface area contributed by atoms with Crippen LogP contribution in [0.3, 0.4) is 0 Å². The summed E-state index contributed by atoms with van der Waals surface area (Å²) in [7, 11) is 0. The number of hydrogen-bond donors (Lipinski definition) is 1. The van der Waals surface area contributed by atoms with Gasteiger partial charge >= 0.3 is 12.1 Å². The number of amides is 3. The maximum atomic E-state index is 13.4. The van der Waals surface area contributed by atoms with Crippen molar-refractivity contribution in [3.8, 4) is 0 Å². The molecule has 1 saturated carbocycles. The average molecular weight is 460 g/mol. The highest BCUT2D eigenvalue weighted by Gasteiger charge is 2.46. The fraction of sp³-hybridized carbons (Fsp3) is 0.400. The molecule has 5 nitrogen and oxygen atoms in total. The Morgan fingerprint density at radius 1 is 0.909 bits per heavy atom. The first-order valence-corrected chi connectivity index (χ1v) is 11.1. The fourth-order valence-electron chi connectivity index (χ4n) is 4.36. The summed E-state index contributed by atoms with van der Waals surface area (Å²) >= 11 is 0. The predicted molar refractivity (Wildman–Crippen MR) is 119 cm³/mol. The van der Waals surface area contributed by atoms with Gasteiger partial charge in [0.15, 0.2) is 0 Å². The average Bonchev–Trinajstić information content (AvgIpc) is 2.80. The monoisotopic (exact) mass is 460 g/mol. The number of halogens is 3. The molecular formula is C25H27F3N2O3. The third-order valence-electron chi connectivity index (χ3n) is 5.99. The van der Waals surface area contributed by atoms with E-state index in [-0.39, 0.29) is 16.8 Å². The summed E-state index contributed by atoms with van der Waals surface area (Å²) in [5, 5.41) is 2.23. The topological polar surface area (TPSA) is 66.5 Å². The Hall–Kier alpha value is -3.16. The van der Waals surface area contributed by atoms with Crippen LogP contribution in [0.4, 0.5) is 18.9 Å². The van der Waals surface area contributed by atoms with Crippen molar-refractivity contribution in [1.29, 1.82) is 0 Å². The van der Waals surface area contributed by atoms with E-state index in [0.29, 0.717) is 18.8 Å². The minimum absolute atomic E-state index is 0.00331. The first-order chi connectivity index (χ1) is 15.7. The number of benzene rings is 2. The smallest absolute Gasteiger partial charge is 0.302 e. The molecule has 0 spiro atoms. The molecule has 1 N–H and O–H groups in total. The van der Waals surface area contributed by atoms with Crippen LogP contribution in [0.2, 0.25) is 0 Å². The molecule has 0 aromatic heterocycles. The zero-order valence-corrected chi connectivity index (χ0v) is 18.4. The van der Waals surface area contributed by atoms with Gasteiger partial charge in [0.05, 0.1) is 0 Å². The third kappa shape index (κ3) is 6.21. The SMILES string of the molecule is CCCC1CCC(N(C(=O)C(F)(F)F)c2cccc(C(=O)NC(=O)c3ccccc3)c2)CC1. The molecule has 33 heavy (non-hydrogen) atoms. The number of carbonyl (C=O) groups is 3. The molecule has 0 atom stereocenters. The Morgan fingerprint density at radius 3 is 2.12 bits per heavy atom. The molecule has 0 aliphatic heterocycles. The maximum absolute atomic E-state index is 13.4. The molecule has 1 aliphatic carbocycles. The summed E-state index contributed by atoms with van der Waals surface area (Å²) in [4.78, 5) is 38.0. The van der Waals surface area contributed by atoms with Crippen LogP contribution >= 0.6 is 0 Å². The van der Waals surface area contributed by atoms with Gasteiger partial charge in [-0.3, -0.25) is 19.7 Å². The molecule has 1 fully saturated rings. The van der Waals surface area contributed by atoms with Crippen LogP contribution in [0.15, 0.2) is 54.6 Å². The van der Waals surface area contributed by atoms with E-state index < -0.39 is 29.9 Å². The van der Waals surface area contributed by atoms with Crippen molar-refractivity contribution in [1.82, 2.24) is 5.32 Å². The van der Waals surface area contributed by atoms with Crippen molar-refractivity contribution < 1.29 is 27.6 Å². The van der Waals surface area contributed by atoms with Gasteiger partial charge in [0.2, 0.25) is 0 Å². The van der Waals surface area contributed by atoms with E-state index >= 15 is 0 Å². The molecule has 3 amide bonds. The minimum Gasteiger partial charge on any atom is -0.302 e. The van der Waals surface area contributed by atoms with Crippen LogP contribution in [-0.2, 0) is 4.79 Å². The molecular weight excluding hydrogens is 433 g/mol. The van der Waals surface area contributed by atoms with E-state index in [9.17, 15) is 27.6 Å². The number of nitrogens with one attached hydrogen (secondary N) is 1. The normalized spacial score (nSPS) is 18.4. The number of carbonyl (C=O) groups excluding carboxylic acids is 3. The van der Waals surface area contributed by atoms with Gasteiger partial charge in [-0.15, -0.1) is 0 Å². The summed E-state index contributed by atoms with van der Waals surface area (Å²) in [5.74, 6) is -2.87. The molecule has 2 aromatic rings. The molecule has 0 radical (unpaired) electrons. The van der Waals surface area contributed by atoms with Gasteiger partial charge in [-0.2, -0.15) is 13.2 Å². The third-order valence-corrected chi connectivity index (χ3v) is 5.99. The van der Waals surface area contributed by atoms with E-state index in [1.807, 2.05) is 0 Å². The highest BCUT2D eigenvalue weighted by Crippen LogP contribution is 2.35. The van der Waals surface area contributed by atoms with Crippen molar-refractivity contribution >= 4 is 23.4 Å². The Morgan fingerprint density at radius 2 is 1.52 bits per heavy atom. The number of anilines is 1. The van der Waals surface area contributed by atoms with Gasteiger partial charge in [0, 0.05) is 22.9 Å². The van der Waals surface area contributed by atoms with Crippen LogP contribution in [0.25, 0.3) is 0 Å². The highest BCUT2D eigenvalue weighted by atomic mass is 19.4. The lowest BCUT2D eigenvalue weighted by atomic mass is 9.82. The standard InChI is InChI=1S/C25H27F3N2O3/c1-2-7-17-12-14-20(15-13-17)30(24(33)25(26,27)28)21-11-6-10-19(16-21)23(32)29-22(31)18-8-4-3-5-9-18/h3-6,8-11,16-17,20H,2,7,12-15H2,1H3,(H,29,31,32). The summed E-state index contributed by atoms with van der Waals surface area (Å²) in [6.45, 7) is 2.07. The summed E-state index contributed by atoms with van der Waals surface area (Å²) < 4.78 is 40.3. The molecule has 176 valence electrons. The van der Waals surface area contributed by atoms with Crippen molar-refractivity contribution in [2.75, 3.05) is 4.90 Å². The van der Waals surface area contributed by atoms with Crippen molar-refractivity contribution in [2.24, 2.45) is 5.92 Å². The second kappa shape index (κ2) is 10.6. The summed E-state index contributed by atoms with van der Waals surface area (Å²) in [6.07, 6.45) is -0.561. The second-order valence-electron chi connectivity index (χ2n) is 8.34. The Kier molecular flexibility index (Phi) is 7.89. The van der Waals surface area contributed by atoms with E-state index in [4.69, 9.17) is 0 Å². The Balaban J connectivity index is 1.83. The quantitative estimate of drug-likeness (QED) is 0.578. The van der Waals surface area contributed by atoms with Crippen LogP contribution in [0, 0.1) is 5.92 Å². The van der Waals surface area contributed by atoms with Crippen molar-refractivity contribution in [2.45, 2.75) is 57.7 Å². The van der Waals surface area contributed by atoms with Gasteiger partial charge in [-0.25, -0.2) is 0 Å². The lowest BCUT2D eigenvalue weighted by Gasteiger charge is -2.37. The zero-order valence-electron chi connectivity index (χ0n) is 18.4. The number of imide groups is 1. The van der Waals surface area contributed by atoms with Crippen LogP contribution < -0.4 is 10.2 Å². The van der Waals surface area contributed by atoms with Gasteiger partial charge < -0.3 is 4.90 Å². The van der Waals surface area contributed by atoms with Crippen LogP contribution in [0.1, 0.15) is 66.2 Å². The number of rotatable bonds is 6. The second-order valence-corrected chi connectivity index (χ2v) is 8.34. The molecule has 2 aromatic carbocycles. The number of nitrogens with zero attached hydrogens (tertiary/aromatic N) is 1. The highest BCUT2D eigenvalue weighted by molar-refractivity contribution is 6.11. The molecule has 0 heterocycles. The molecule has 1 aliphatic rings. The van der Waals surface area contributed by atoms with Crippen molar-refractivity contribution in [3.05, 3.63) is 65.7 Å². The van der Waals surface area contributed by atoms with Gasteiger partial charge in [0.25, 0.3) is 11.8 Å². The Bertz CT molecular complexity index is 984. The van der Waals surface area contributed by atoms with Gasteiger partial charge in [0.1, 0.15) is 0 Å². The van der Waals surface area contributed by atoms with E-state index in [0.717, 1.165) is 30.6 Å². The van der Waals surface area contributed by atoms with E-state index in [1.54, 1.807) is 18.2 Å². The lowest BCUT2D eigenvalue weighted by molar-refractivity contribution is -0.171. The largest absolute Gasteiger partial charge is 0.471 e. The molecule has 8 heteroatoms. The summed E-state index contributed by atoms with van der Waals surface area (Å²) in [5.41, 5.74) is 0.271. The molecule has 0 bridgehead atoms. The molecule has 0 saturated heterocycles. The van der Waals surface area contributed by atoms with Crippen molar-refractivity contribution in [3.63, 3.8) is 0 Å². The molecule has 0 unspecified atom stereocenters. The summed E-state index contributed by atoms with van der Waals surface area (Å²) in [6, 6.07) is 12.9. The first kappa shape index (κ1) is 24.5. The number of hydrogen-bond acceptors (Lipinski definition) is 3. The maximum Gasteiger partial charge on any atom is 0.471 e. The van der Waals surface area contributed by atoms with Gasteiger partial charge in [-0.1, -0.05) is 44.0 Å². The number of alkyl halides is 3. The molecule has 3 rings (SSSR count). The minimum atomic E-state index is -5.04. The fourth-order valence-corrected chi connectivity index (χ4v) is 4.36.